The third kappa shape index (κ3) is 3.40. The normalized spacial score (nSPS) is 10.2. The Labute approximate surface area is 126 Å². The van der Waals surface area contributed by atoms with Gasteiger partial charge in [0, 0.05) is 23.3 Å². The Balaban J connectivity index is 2.13. The van der Waals surface area contributed by atoms with Crippen LogP contribution in [0.3, 0.4) is 0 Å². The van der Waals surface area contributed by atoms with E-state index in [2.05, 4.69) is 10.3 Å². The lowest BCUT2D eigenvalue weighted by Crippen LogP contribution is -2.24. The van der Waals surface area contributed by atoms with E-state index in [1.807, 2.05) is 0 Å². The van der Waals surface area contributed by atoms with Gasteiger partial charge in [-0.25, -0.2) is 0 Å². The molecular formula is C14H12Cl2N2O2. The molecule has 0 aliphatic carbocycles. The number of carbonyl (C=O) groups is 1. The summed E-state index contributed by atoms with van der Waals surface area (Å²) in [5.74, 6) is 0.223. The molecule has 2 rings (SSSR count). The lowest BCUT2D eigenvalue weighted by atomic mass is 10.2. The minimum atomic E-state index is -0.274. The van der Waals surface area contributed by atoms with Gasteiger partial charge in [0.15, 0.2) is 0 Å². The van der Waals surface area contributed by atoms with Gasteiger partial charge in [-0.05, 0) is 24.3 Å². The molecule has 0 fully saturated rings. The Hall–Kier alpha value is -1.78. The van der Waals surface area contributed by atoms with Crippen LogP contribution in [0.1, 0.15) is 16.1 Å². The molecule has 2 aromatic rings. The number of amides is 1. The number of nitrogens with one attached hydrogen (secondary N) is 1. The highest BCUT2D eigenvalue weighted by atomic mass is 35.5. The number of methoxy groups -OCH3 is 1. The van der Waals surface area contributed by atoms with E-state index in [0.717, 1.165) is 0 Å². The fourth-order valence-electron chi connectivity index (χ4n) is 1.74. The highest BCUT2D eigenvalue weighted by molar-refractivity contribution is 6.35. The molecule has 20 heavy (non-hydrogen) atoms. The summed E-state index contributed by atoms with van der Waals surface area (Å²) in [7, 11) is 1.51. The maximum absolute atomic E-state index is 11.9. The van der Waals surface area contributed by atoms with Gasteiger partial charge in [0.2, 0.25) is 0 Å². The van der Waals surface area contributed by atoms with Gasteiger partial charge < -0.3 is 10.1 Å². The van der Waals surface area contributed by atoms with Crippen LogP contribution >= 0.6 is 23.2 Å². The monoisotopic (exact) mass is 310 g/mol. The van der Waals surface area contributed by atoms with E-state index in [0.29, 0.717) is 27.1 Å². The van der Waals surface area contributed by atoms with E-state index in [-0.39, 0.29) is 12.5 Å². The van der Waals surface area contributed by atoms with Crippen molar-refractivity contribution in [3.63, 3.8) is 0 Å². The topological polar surface area (TPSA) is 51.2 Å². The molecule has 1 aromatic carbocycles. The molecule has 1 N–H and O–H groups in total. The highest BCUT2D eigenvalue weighted by Crippen LogP contribution is 2.32. The summed E-state index contributed by atoms with van der Waals surface area (Å²) in [5, 5.41) is 3.63. The van der Waals surface area contributed by atoms with Crippen LogP contribution in [-0.2, 0) is 6.54 Å². The number of ether oxygens (including phenoxy) is 1. The van der Waals surface area contributed by atoms with Crippen molar-refractivity contribution < 1.29 is 9.53 Å². The zero-order valence-corrected chi connectivity index (χ0v) is 12.2. The molecule has 104 valence electrons. The van der Waals surface area contributed by atoms with E-state index in [1.165, 1.54) is 7.11 Å². The van der Waals surface area contributed by atoms with Gasteiger partial charge in [-0.15, -0.1) is 0 Å². The van der Waals surface area contributed by atoms with Crippen LogP contribution in [0.4, 0.5) is 0 Å². The lowest BCUT2D eigenvalue weighted by molar-refractivity contribution is 0.0945. The zero-order valence-electron chi connectivity index (χ0n) is 10.7. The lowest BCUT2D eigenvalue weighted by Gasteiger charge is -2.11. The largest absolute Gasteiger partial charge is 0.495 e. The SMILES string of the molecule is COc1c(Cl)cc(Cl)cc1CNC(=O)c1ccccn1. The molecule has 0 aliphatic heterocycles. The molecule has 0 spiro atoms. The van der Waals surface area contributed by atoms with Gasteiger partial charge in [0.05, 0.1) is 12.1 Å². The fourth-order valence-corrected chi connectivity index (χ4v) is 2.35. The molecule has 6 heteroatoms. The Kier molecular flexibility index (Phi) is 4.82. The summed E-state index contributed by atoms with van der Waals surface area (Å²) < 4.78 is 5.21. The predicted molar refractivity (Wildman–Crippen MR) is 78.4 cm³/mol. The summed E-state index contributed by atoms with van der Waals surface area (Å²) in [6.45, 7) is 0.249. The summed E-state index contributed by atoms with van der Waals surface area (Å²) in [6.07, 6.45) is 1.56. The minimum Gasteiger partial charge on any atom is -0.495 e. The van der Waals surface area contributed by atoms with Gasteiger partial charge in [0.1, 0.15) is 11.4 Å². The number of aromatic nitrogens is 1. The molecule has 0 saturated heterocycles. The van der Waals surface area contributed by atoms with Crippen molar-refractivity contribution in [2.45, 2.75) is 6.54 Å². The molecule has 0 unspecified atom stereocenters. The molecule has 0 radical (unpaired) electrons. The van der Waals surface area contributed by atoms with Crippen LogP contribution in [0, 0.1) is 0 Å². The third-order valence-electron chi connectivity index (χ3n) is 2.63. The first-order valence-corrected chi connectivity index (χ1v) is 6.58. The quantitative estimate of drug-likeness (QED) is 0.942. The van der Waals surface area contributed by atoms with Crippen molar-refractivity contribution in [2.24, 2.45) is 0 Å². The molecule has 1 aromatic heterocycles. The zero-order chi connectivity index (χ0) is 14.5. The van der Waals surface area contributed by atoms with E-state index in [9.17, 15) is 4.79 Å². The first-order valence-electron chi connectivity index (χ1n) is 5.83. The van der Waals surface area contributed by atoms with Crippen LogP contribution in [0.2, 0.25) is 10.0 Å². The molecule has 0 aliphatic rings. The van der Waals surface area contributed by atoms with E-state index in [1.54, 1.807) is 36.5 Å². The maximum atomic E-state index is 11.9. The number of hydrogen-bond donors (Lipinski definition) is 1. The number of rotatable bonds is 4. The fraction of sp³-hybridized carbons (Fsp3) is 0.143. The van der Waals surface area contributed by atoms with Gasteiger partial charge in [-0.3, -0.25) is 9.78 Å². The van der Waals surface area contributed by atoms with E-state index < -0.39 is 0 Å². The third-order valence-corrected chi connectivity index (χ3v) is 3.13. The number of hydrogen-bond acceptors (Lipinski definition) is 3. The van der Waals surface area contributed by atoms with Crippen LogP contribution < -0.4 is 10.1 Å². The van der Waals surface area contributed by atoms with Crippen molar-refractivity contribution in [2.75, 3.05) is 7.11 Å². The molecule has 1 amide bonds. The Bertz CT molecular complexity index is 618. The molecule has 0 bridgehead atoms. The molecule has 0 saturated carbocycles. The second kappa shape index (κ2) is 6.59. The summed E-state index contributed by atoms with van der Waals surface area (Å²) in [4.78, 5) is 15.9. The summed E-state index contributed by atoms with van der Waals surface area (Å²) >= 11 is 12.0. The summed E-state index contributed by atoms with van der Waals surface area (Å²) in [6, 6.07) is 8.42. The first kappa shape index (κ1) is 14.6. The van der Waals surface area contributed by atoms with Crippen LogP contribution in [0.15, 0.2) is 36.5 Å². The number of pyridine rings is 1. The van der Waals surface area contributed by atoms with Crippen LogP contribution in [0.25, 0.3) is 0 Å². The Morgan fingerprint density at radius 1 is 1.35 bits per heavy atom. The second-order valence-corrected chi connectivity index (χ2v) is 4.82. The summed E-state index contributed by atoms with van der Waals surface area (Å²) in [5.41, 5.74) is 1.05. The maximum Gasteiger partial charge on any atom is 0.270 e. The Morgan fingerprint density at radius 2 is 2.15 bits per heavy atom. The van der Waals surface area contributed by atoms with Crippen molar-refractivity contribution >= 4 is 29.1 Å². The number of carbonyl (C=O) groups excluding carboxylic acids is 1. The van der Waals surface area contributed by atoms with Gasteiger partial charge in [-0.2, -0.15) is 0 Å². The smallest absolute Gasteiger partial charge is 0.270 e. The minimum absolute atomic E-state index is 0.249. The van der Waals surface area contributed by atoms with Crippen LogP contribution in [0.5, 0.6) is 5.75 Å². The standard InChI is InChI=1S/C14H12Cl2N2O2/c1-20-13-9(6-10(15)7-11(13)16)8-18-14(19)12-4-2-3-5-17-12/h2-7H,8H2,1H3,(H,18,19). The predicted octanol–water partition coefficient (Wildman–Crippen LogP) is 3.33. The van der Waals surface area contributed by atoms with Gasteiger partial charge in [0.25, 0.3) is 5.91 Å². The number of nitrogens with zero attached hydrogens (tertiary/aromatic N) is 1. The first-order chi connectivity index (χ1) is 9.61. The molecule has 1 heterocycles. The van der Waals surface area contributed by atoms with Crippen molar-refractivity contribution in [3.05, 3.63) is 57.8 Å². The molecular weight excluding hydrogens is 299 g/mol. The van der Waals surface area contributed by atoms with Crippen molar-refractivity contribution in [3.8, 4) is 5.75 Å². The number of halogens is 2. The number of benzene rings is 1. The van der Waals surface area contributed by atoms with Crippen molar-refractivity contribution in [1.29, 1.82) is 0 Å². The molecule has 0 atom stereocenters. The van der Waals surface area contributed by atoms with Gasteiger partial charge in [-0.1, -0.05) is 29.3 Å². The average molecular weight is 311 g/mol. The molecule has 4 nitrogen and oxygen atoms in total. The van der Waals surface area contributed by atoms with Crippen LogP contribution in [-0.4, -0.2) is 18.0 Å². The van der Waals surface area contributed by atoms with Crippen molar-refractivity contribution in [1.82, 2.24) is 10.3 Å². The van der Waals surface area contributed by atoms with E-state index in [4.69, 9.17) is 27.9 Å². The average Bonchev–Trinajstić information content (AvgIpc) is 2.45. The van der Waals surface area contributed by atoms with E-state index >= 15 is 0 Å². The second-order valence-electron chi connectivity index (χ2n) is 3.98. The Morgan fingerprint density at radius 3 is 2.80 bits per heavy atom. The highest BCUT2D eigenvalue weighted by Gasteiger charge is 2.12. The van der Waals surface area contributed by atoms with Gasteiger partial charge >= 0.3 is 0 Å².